The maximum atomic E-state index is 12.1. The molecule has 122 valence electrons. The van der Waals surface area contributed by atoms with E-state index in [0.717, 1.165) is 19.4 Å². The van der Waals surface area contributed by atoms with E-state index in [2.05, 4.69) is 22.0 Å². The summed E-state index contributed by atoms with van der Waals surface area (Å²) in [4.78, 5) is 17.3. The normalized spacial score (nSPS) is 25.9. The van der Waals surface area contributed by atoms with Crippen LogP contribution in [-0.4, -0.2) is 67.6 Å². The first-order valence-electron chi connectivity index (χ1n) is 8.68. The quantitative estimate of drug-likeness (QED) is 0.755. The number of carbonyl (C=O) groups excluding carboxylic acids is 1. The van der Waals surface area contributed by atoms with Crippen LogP contribution in [0.25, 0.3) is 0 Å². The average Bonchev–Trinajstić information content (AvgIpc) is 2.54. The van der Waals surface area contributed by atoms with Crippen LogP contribution in [0.5, 0.6) is 0 Å². The van der Waals surface area contributed by atoms with Gasteiger partial charge in [0, 0.05) is 25.7 Å². The molecule has 0 saturated carbocycles. The zero-order valence-corrected chi connectivity index (χ0v) is 13.5. The number of hydrogen-bond donors (Lipinski definition) is 2. The lowest BCUT2D eigenvalue weighted by molar-refractivity contribution is -0.127. The van der Waals surface area contributed by atoms with Gasteiger partial charge in [0.05, 0.1) is 5.92 Å². The summed E-state index contributed by atoms with van der Waals surface area (Å²) in [5.41, 5.74) is 5.46. The number of nitrogens with zero attached hydrogens (tertiary/aromatic N) is 2. The van der Waals surface area contributed by atoms with Crippen molar-refractivity contribution in [1.29, 1.82) is 0 Å². The molecule has 21 heavy (non-hydrogen) atoms. The Morgan fingerprint density at radius 3 is 2.67 bits per heavy atom. The van der Waals surface area contributed by atoms with Crippen LogP contribution < -0.4 is 11.1 Å². The number of likely N-dealkylation sites (tertiary alicyclic amines) is 2. The smallest absolute Gasteiger partial charge is 0.224 e. The fourth-order valence-electron chi connectivity index (χ4n) is 3.72. The molecule has 2 fully saturated rings. The maximum Gasteiger partial charge on any atom is 0.224 e. The lowest BCUT2D eigenvalue weighted by Crippen LogP contribution is -2.51. The Balaban J connectivity index is 1.77. The Kier molecular flexibility index (Phi) is 6.93. The molecule has 2 saturated heterocycles. The van der Waals surface area contributed by atoms with Crippen molar-refractivity contribution in [2.75, 3.05) is 45.8 Å². The molecule has 0 bridgehead atoms. The summed E-state index contributed by atoms with van der Waals surface area (Å²) in [5, 5.41) is 2.95. The number of amides is 1. The number of carbonyl (C=O) groups is 1. The van der Waals surface area contributed by atoms with Gasteiger partial charge in [-0.1, -0.05) is 6.92 Å². The van der Waals surface area contributed by atoms with Gasteiger partial charge < -0.3 is 16.0 Å². The Labute approximate surface area is 129 Å². The van der Waals surface area contributed by atoms with E-state index < -0.39 is 0 Å². The summed E-state index contributed by atoms with van der Waals surface area (Å²) in [6.45, 7) is 9.16. The molecule has 0 spiro atoms. The molecule has 0 aromatic carbocycles. The zero-order chi connectivity index (χ0) is 15.1. The van der Waals surface area contributed by atoms with Gasteiger partial charge in [0.2, 0.25) is 5.91 Å². The minimum atomic E-state index is 0.166. The van der Waals surface area contributed by atoms with Gasteiger partial charge in [-0.05, 0) is 58.3 Å². The van der Waals surface area contributed by atoms with Gasteiger partial charge in [-0.3, -0.25) is 9.69 Å². The van der Waals surface area contributed by atoms with Crippen LogP contribution in [0.2, 0.25) is 0 Å². The van der Waals surface area contributed by atoms with E-state index in [9.17, 15) is 4.79 Å². The number of rotatable bonds is 6. The van der Waals surface area contributed by atoms with Crippen molar-refractivity contribution in [3.8, 4) is 0 Å². The molecule has 2 aliphatic heterocycles. The highest BCUT2D eigenvalue weighted by atomic mass is 16.1. The number of hydrogen-bond acceptors (Lipinski definition) is 4. The van der Waals surface area contributed by atoms with E-state index in [1.54, 1.807) is 0 Å². The second kappa shape index (κ2) is 8.71. The summed E-state index contributed by atoms with van der Waals surface area (Å²) in [6, 6.07) is 0.684. The first-order valence-corrected chi connectivity index (χ1v) is 8.68. The molecule has 0 aromatic rings. The van der Waals surface area contributed by atoms with Crippen molar-refractivity contribution in [3.05, 3.63) is 0 Å². The van der Waals surface area contributed by atoms with Gasteiger partial charge in [0.15, 0.2) is 0 Å². The summed E-state index contributed by atoms with van der Waals surface area (Å²) in [6.07, 6.45) is 5.95. The van der Waals surface area contributed by atoms with E-state index in [4.69, 9.17) is 5.73 Å². The predicted octanol–water partition coefficient (Wildman–Crippen LogP) is 0.648. The maximum absolute atomic E-state index is 12.1. The van der Waals surface area contributed by atoms with E-state index in [0.29, 0.717) is 19.1 Å². The van der Waals surface area contributed by atoms with E-state index >= 15 is 0 Å². The minimum Gasteiger partial charge on any atom is -0.355 e. The molecule has 0 aliphatic carbocycles. The Bertz CT molecular complexity index is 315. The van der Waals surface area contributed by atoms with Crippen LogP contribution in [0.15, 0.2) is 0 Å². The van der Waals surface area contributed by atoms with Gasteiger partial charge in [0.25, 0.3) is 0 Å². The summed E-state index contributed by atoms with van der Waals surface area (Å²) < 4.78 is 0. The van der Waals surface area contributed by atoms with Crippen LogP contribution in [0.3, 0.4) is 0 Å². The molecule has 2 rings (SSSR count). The second-order valence-corrected chi connectivity index (χ2v) is 6.49. The van der Waals surface area contributed by atoms with Crippen LogP contribution >= 0.6 is 0 Å². The third-order valence-electron chi connectivity index (χ3n) is 4.88. The molecule has 1 amide bonds. The number of nitrogens with two attached hydrogens (primary N) is 1. The molecule has 1 unspecified atom stereocenters. The molecule has 0 radical (unpaired) electrons. The standard InChI is InChI=1S/C16H32N4O/c1-2-9-19-11-5-15(6-12-19)20-10-3-4-14(13-20)16(21)18-8-7-17/h14-15H,2-13,17H2,1H3,(H,18,21). The molecule has 3 N–H and O–H groups in total. The molecular weight excluding hydrogens is 264 g/mol. The van der Waals surface area contributed by atoms with Crippen molar-refractivity contribution in [2.24, 2.45) is 11.7 Å². The van der Waals surface area contributed by atoms with E-state index in [1.807, 2.05) is 0 Å². The molecule has 2 aliphatic rings. The first-order chi connectivity index (χ1) is 10.2. The SMILES string of the molecule is CCCN1CCC(N2CCCC(C(=O)NCCN)C2)CC1. The topological polar surface area (TPSA) is 61.6 Å². The highest BCUT2D eigenvalue weighted by Gasteiger charge is 2.31. The van der Waals surface area contributed by atoms with Gasteiger partial charge >= 0.3 is 0 Å². The lowest BCUT2D eigenvalue weighted by Gasteiger charge is -2.42. The molecule has 2 heterocycles. The van der Waals surface area contributed by atoms with Gasteiger partial charge in [0.1, 0.15) is 0 Å². The van der Waals surface area contributed by atoms with Gasteiger partial charge in [-0.15, -0.1) is 0 Å². The second-order valence-electron chi connectivity index (χ2n) is 6.49. The van der Waals surface area contributed by atoms with Gasteiger partial charge in [-0.2, -0.15) is 0 Å². The molecular formula is C16H32N4O. The van der Waals surface area contributed by atoms with Crippen molar-refractivity contribution >= 4 is 5.91 Å². The number of nitrogens with one attached hydrogen (secondary N) is 1. The van der Waals surface area contributed by atoms with E-state index in [-0.39, 0.29) is 11.8 Å². The van der Waals surface area contributed by atoms with Crippen molar-refractivity contribution in [1.82, 2.24) is 15.1 Å². The Hall–Kier alpha value is -0.650. The average molecular weight is 296 g/mol. The summed E-state index contributed by atoms with van der Waals surface area (Å²) in [5.74, 6) is 0.368. The lowest BCUT2D eigenvalue weighted by atomic mass is 9.93. The van der Waals surface area contributed by atoms with Gasteiger partial charge in [-0.25, -0.2) is 0 Å². The van der Waals surface area contributed by atoms with Crippen molar-refractivity contribution in [3.63, 3.8) is 0 Å². The third kappa shape index (κ3) is 4.94. The van der Waals surface area contributed by atoms with E-state index in [1.165, 1.54) is 45.4 Å². The molecule has 0 aromatic heterocycles. The van der Waals surface area contributed by atoms with Crippen LogP contribution in [-0.2, 0) is 4.79 Å². The Morgan fingerprint density at radius 1 is 1.24 bits per heavy atom. The zero-order valence-electron chi connectivity index (χ0n) is 13.5. The minimum absolute atomic E-state index is 0.166. The molecule has 1 atom stereocenters. The highest BCUT2D eigenvalue weighted by Crippen LogP contribution is 2.24. The molecule has 5 heteroatoms. The summed E-state index contributed by atoms with van der Waals surface area (Å²) in [7, 11) is 0. The largest absolute Gasteiger partial charge is 0.355 e. The fraction of sp³-hybridized carbons (Fsp3) is 0.938. The van der Waals surface area contributed by atoms with Crippen LogP contribution in [0.1, 0.15) is 39.0 Å². The van der Waals surface area contributed by atoms with Crippen LogP contribution in [0, 0.1) is 5.92 Å². The predicted molar refractivity (Wildman–Crippen MR) is 86.1 cm³/mol. The monoisotopic (exact) mass is 296 g/mol. The first kappa shape index (κ1) is 16.7. The van der Waals surface area contributed by atoms with Crippen molar-refractivity contribution in [2.45, 2.75) is 45.1 Å². The Morgan fingerprint density at radius 2 is 2.00 bits per heavy atom. The molecule has 5 nitrogen and oxygen atoms in total. The number of piperidine rings is 2. The third-order valence-corrected chi connectivity index (χ3v) is 4.88. The van der Waals surface area contributed by atoms with Crippen LogP contribution in [0.4, 0.5) is 0 Å². The fourth-order valence-corrected chi connectivity index (χ4v) is 3.72. The van der Waals surface area contributed by atoms with Crippen molar-refractivity contribution < 1.29 is 4.79 Å². The highest BCUT2D eigenvalue weighted by molar-refractivity contribution is 5.78. The summed E-state index contributed by atoms with van der Waals surface area (Å²) >= 11 is 0.